The molecule has 3 heterocycles. The van der Waals surface area contributed by atoms with Gasteiger partial charge in [-0.15, -0.1) is 11.3 Å². The van der Waals surface area contributed by atoms with E-state index in [0.717, 1.165) is 39.7 Å². The third-order valence-electron chi connectivity index (χ3n) is 5.54. The van der Waals surface area contributed by atoms with Crippen LogP contribution in [0.15, 0.2) is 35.8 Å². The van der Waals surface area contributed by atoms with E-state index in [0.29, 0.717) is 18.7 Å². The van der Waals surface area contributed by atoms with Crippen LogP contribution in [-0.4, -0.2) is 42.5 Å². The normalized spacial score (nSPS) is 16.6. The predicted octanol–water partition coefficient (Wildman–Crippen LogP) is 3.52. The number of piperidine rings is 1. The van der Waals surface area contributed by atoms with Gasteiger partial charge in [0.25, 0.3) is 5.91 Å². The second-order valence-electron chi connectivity index (χ2n) is 7.11. The highest BCUT2D eigenvalue weighted by Gasteiger charge is 2.29. The lowest BCUT2D eigenvalue weighted by atomic mass is 9.89. The Morgan fingerprint density at radius 3 is 2.68 bits per heavy atom. The molecule has 1 amide bonds. The van der Waals surface area contributed by atoms with E-state index in [4.69, 9.17) is 5.73 Å². The van der Waals surface area contributed by atoms with Crippen LogP contribution >= 0.6 is 11.3 Å². The molecular weight excluding hydrogens is 394 g/mol. The second-order valence-corrected chi connectivity index (χ2v) is 10.3. The number of aromatic amines is 1. The van der Waals surface area contributed by atoms with E-state index in [1.165, 1.54) is 0 Å². The van der Waals surface area contributed by atoms with Crippen LogP contribution in [0.2, 0.25) is 0 Å². The van der Waals surface area contributed by atoms with Crippen LogP contribution < -0.4 is 5.73 Å². The van der Waals surface area contributed by atoms with Gasteiger partial charge in [-0.3, -0.25) is 4.79 Å². The number of hydrogen-bond donors (Lipinski definition) is 2. The number of thiophene rings is 1. The third kappa shape index (κ3) is 3.36. The highest BCUT2D eigenvalue weighted by molar-refractivity contribution is 7.89. The SMILES string of the molecule is CCS(=O)(=O)N1CCC(c2c[nH]c3c(C(N)=O)cc(-c4cccs4)cc23)CC1. The smallest absolute Gasteiger partial charge is 0.250 e. The summed E-state index contributed by atoms with van der Waals surface area (Å²) in [6, 6.07) is 7.95. The van der Waals surface area contributed by atoms with Gasteiger partial charge in [-0.2, -0.15) is 0 Å². The molecule has 0 saturated carbocycles. The molecule has 0 spiro atoms. The summed E-state index contributed by atoms with van der Waals surface area (Å²) < 4.78 is 25.8. The van der Waals surface area contributed by atoms with Crippen LogP contribution in [0.1, 0.15) is 41.6 Å². The zero-order chi connectivity index (χ0) is 19.9. The van der Waals surface area contributed by atoms with Crippen molar-refractivity contribution in [2.45, 2.75) is 25.7 Å². The monoisotopic (exact) mass is 417 g/mol. The van der Waals surface area contributed by atoms with Crippen molar-refractivity contribution in [3.8, 4) is 10.4 Å². The predicted molar refractivity (Wildman–Crippen MR) is 113 cm³/mol. The maximum Gasteiger partial charge on any atom is 0.250 e. The van der Waals surface area contributed by atoms with E-state index in [1.807, 2.05) is 29.8 Å². The van der Waals surface area contributed by atoms with E-state index < -0.39 is 15.9 Å². The minimum Gasteiger partial charge on any atom is -0.366 e. The Morgan fingerprint density at radius 2 is 2.07 bits per heavy atom. The summed E-state index contributed by atoms with van der Waals surface area (Å²) in [4.78, 5) is 16.4. The first kappa shape index (κ1) is 19.2. The van der Waals surface area contributed by atoms with Gasteiger partial charge in [0.1, 0.15) is 0 Å². The van der Waals surface area contributed by atoms with Crippen LogP contribution in [0.5, 0.6) is 0 Å². The molecule has 3 N–H and O–H groups in total. The average molecular weight is 418 g/mol. The Balaban J connectivity index is 1.72. The van der Waals surface area contributed by atoms with Crippen molar-refractivity contribution < 1.29 is 13.2 Å². The molecule has 0 radical (unpaired) electrons. The summed E-state index contributed by atoms with van der Waals surface area (Å²) in [6.45, 7) is 2.74. The van der Waals surface area contributed by atoms with Crippen molar-refractivity contribution in [3.63, 3.8) is 0 Å². The van der Waals surface area contributed by atoms with E-state index in [2.05, 4.69) is 11.1 Å². The second kappa shape index (κ2) is 7.35. The first-order chi connectivity index (χ1) is 13.4. The zero-order valence-corrected chi connectivity index (χ0v) is 17.3. The number of carbonyl (C=O) groups is 1. The van der Waals surface area contributed by atoms with Gasteiger partial charge in [0, 0.05) is 29.5 Å². The lowest BCUT2D eigenvalue weighted by molar-refractivity contribution is 0.100. The van der Waals surface area contributed by atoms with Crippen LogP contribution in [0.25, 0.3) is 21.3 Å². The number of nitrogens with zero attached hydrogens (tertiary/aromatic N) is 1. The maximum atomic E-state index is 12.1. The quantitative estimate of drug-likeness (QED) is 0.665. The number of hydrogen-bond acceptors (Lipinski definition) is 4. The molecule has 0 unspecified atom stereocenters. The van der Waals surface area contributed by atoms with Gasteiger partial charge in [-0.05, 0) is 60.4 Å². The van der Waals surface area contributed by atoms with Gasteiger partial charge >= 0.3 is 0 Å². The standard InChI is InChI=1S/C20H23N3O3S2/c1-2-28(25,26)23-7-5-13(6-8-23)17-12-22-19-15(17)10-14(11-16(19)20(21)24)18-4-3-9-27-18/h3-4,9-13,22H,2,5-8H2,1H3,(H2,21,24). The first-order valence-electron chi connectivity index (χ1n) is 9.37. The molecule has 0 aliphatic carbocycles. The molecule has 1 aliphatic rings. The molecule has 6 nitrogen and oxygen atoms in total. The third-order valence-corrected chi connectivity index (χ3v) is 8.34. The Labute approximate surface area is 168 Å². The fourth-order valence-corrected chi connectivity index (χ4v) is 5.84. The van der Waals surface area contributed by atoms with E-state index in [9.17, 15) is 13.2 Å². The lowest BCUT2D eigenvalue weighted by Crippen LogP contribution is -2.38. The van der Waals surface area contributed by atoms with Gasteiger partial charge in [0.2, 0.25) is 10.0 Å². The minimum atomic E-state index is -3.14. The van der Waals surface area contributed by atoms with Crippen molar-refractivity contribution in [1.29, 1.82) is 0 Å². The number of rotatable bonds is 5. The van der Waals surface area contributed by atoms with Crippen LogP contribution in [0.3, 0.4) is 0 Å². The fraction of sp³-hybridized carbons (Fsp3) is 0.350. The number of carbonyl (C=O) groups excluding carboxylic acids is 1. The Morgan fingerprint density at radius 1 is 1.32 bits per heavy atom. The molecule has 148 valence electrons. The van der Waals surface area contributed by atoms with Crippen LogP contribution in [0.4, 0.5) is 0 Å². The van der Waals surface area contributed by atoms with Crippen molar-refractivity contribution in [3.05, 3.63) is 47.0 Å². The number of primary amides is 1. The molecule has 3 aromatic rings. The number of nitrogens with one attached hydrogen (secondary N) is 1. The summed E-state index contributed by atoms with van der Waals surface area (Å²) in [5, 5.41) is 3.00. The summed E-state index contributed by atoms with van der Waals surface area (Å²) in [7, 11) is -3.14. The number of aromatic nitrogens is 1. The van der Waals surface area contributed by atoms with Gasteiger partial charge in [0.15, 0.2) is 0 Å². The maximum absolute atomic E-state index is 12.1. The molecule has 0 bridgehead atoms. The number of benzene rings is 1. The molecule has 0 atom stereocenters. The van der Waals surface area contributed by atoms with E-state index >= 15 is 0 Å². The molecule has 1 fully saturated rings. The summed E-state index contributed by atoms with van der Waals surface area (Å²) in [5.41, 5.74) is 8.99. The molecule has 1 aromatic carbocycles. The average Bonchev–Trinajstić information content (AvgIpc) is 3.37. The Bertz CT molecular complexity index is 1110. The van der Waals surface area contributed by atoms with Crippen molar-refractivity contribution in [1.82, 2.24) is 9.29 Å². The lowest BCUT2D eigenvalue weighted by Gasteiger charge is -2.31. The highest BCUT2D eigenvalue weighted by Crippen LogP contribution is 2.37. The van der Waals surface area contributed by atoms with E-state index in [-0.39, 0.29) is 11.7 Å². The first-order valence-corrected chi connectivity index (χ1v) is 11.9. The molecule has 1 saturated heterocycles. The molecule has 28 heavy (non-hydrogen) atoms. The van der Waals surface area contributed by atoms with E-state index in [1.54, 1.807) is 22.6 Å². The number of nitrogens with two attached hydrogens (primary N) is 1. The summed E-state index contributed by atoms with van der Waals surface area (Å²) in [6.07, 6.45) is 3.48. The molecule has 1 aliphatic heterocycles. The van der Waals surface area contributed by atoms with Gasteiger partial charge in [-0.25, -0.2) is 12.7 Å². The van der Waals surface area contributed by atoms with Crippen LogP contribution in [0, 0.1) is 0 Å². The van der Waals surface area contributed by atoms with Crippen molar-refractivity contribution in [2.24, 2.45) is 5.73 Å². The van der Waals surface area contributed by atoms with Crippen LogP contribution in [-0.2, 0) is 10.0 Å². The highest BCUT2D eigenvalue weighted by atomic mass is 32.2. The zero-order valence-electron chi connectivity index (χ0n) is 15.6. The molecule has 4 rings (SSSR count). The number of sulfonamides is 1. The Kier molecular flexibility index (Phi) is 5.03. The van der Waals surface area contributed by atoms with Gasteiger partial charge in [-0.1, -0.05) is 6.07 Å². The number of amides is 1. The van der Waals surface area contributed by atoms with Crippen molar-refractivity contribution >= 4 is 38.2 Å². The Hall–Kier alpha value is -2.16. The number of H-pyrrole nitrogens is 1. The molecule has 8 heteroatoms. The topological polar surface area (TPSA) is 96.3 Å². The fourth-order valence-electron chi connectivity index (χ4n) is 4.00. The minimum absolute atomic E-state index is 0.136. The summed E-state index contributed by atoms with van der Waals surface area (Å²) in [5.74, 6) is -0.0753. The summed E-state index contributed by atoms with van der Waals surface area (Å²) >= 11 is 1.62. The molecular formula is C20H23N3O3S2. The number of fused-ring (bicyclic) bond motifs is 1. The van der Waals surface area contributed by atoms with Crippen molar-refractivity contribution in [2.75, 3.05) is 18.8 Å². The largest absolute Gasteiger partial charge is 0.366 e. The molecule has 2 aromatic heterocycles. The van der Waals surface area contributed by atoms with Gasteiger partial charge < -0.3 is 10.7 Å². The van der Waals surface area contributed by atoms with Gasteiger partial charge in [0.05, 0.1) is 16.8 Å².